The highest BCUT2D eigenvalue weighted by Gasteiger charge is 2.23. The molecule has 8 nitrogen and oxygen atoms in total. The summed E-state index contributed by atoms with van der Waals surface area (Å²) < 4.78 is 7.93. The molecule has 9 heteroatoms. The van der Waals surface area contributed by atoms with Gasteiger partial charge in [0.05, 0.1) is 16.8 Å². The summed E-state index contributed by atoms with van der Waals surface area (Å²) in [6.45, 7) is 2.54. The van der Waals surface area contributed by atoms with Crippen LogP contribution in [0.15, 0.2) is 54.9 Å². The number of nitrogens with one attached hydrogen (secondary N) is 1. The van der Waals surface area contributed by atoms with E-state index in [1.54, 1.807) is 0 Å². The van der Waals surface area contributed by atoms with Gasteiger partial charge in [-0.15, -0.1) is 5.10 Å². The molecule has 2 aromatic heterocycles. The lowest BCUT2D eigenvalue weighted by atomic mass is 10.1. The van der Waals surface area contributed by atoms with Crippen LogP contribution < -0.4 is 10.1 Å². The molecular weight excluding hydrogens is 376 g/mol. The third kappa shape index (κ3) is 3.99. The summed E-state index contributed by atoms with van der Waals surface area (Å²) in [6, 6.07) is 14.9. The van der Waals surface area contributed by atoms with E-state index in [4.69, 9.17) is 4.74 Å². The van der Waals surface area contributed by atoms with E-state index in [0.29, 0.717) is 18.2 Å². The van der Waals surface area contributed by atoms with Crippen molar-refractivity contribution in [3.8, 4) is 5.75 Å². The van der Waals surface area contributed by atoms with Crippen molar-refractivity contribution in [1.29, 1.82) is 0 Å². The van der Waals surface area contributed by atoms with Crippen LogP contribution >= 0.6 is 11.3 Å². The van der Waals surface area contributed by atoms with Gasteiger partial charge < -0.3 is 10.1 Å². The average molecular weight is 394 g/mol. The molecule has 28 heavy (non-hydrogen) atoms. The highest BCUT2D eigenvalue weighted by molar-refractivity contribution is 7.22. The first kappa shape index (κ1) is 18.1. The fourth-order valence-electron chi connectivity index (χ4n) is 2.86. The van der Waals surface area contributed by atoms with Crippen molar-refractivity contribution in [1.82, 2.24) is 25.2 Å². The third-order valence-corrected chi connectivity index (χ3v) is 5.09. The molecule has 4 rings (SSSR count). The van der Waals surface area contributed by atoms with E-state index in [2.05, 4.69) is 25.8 Å². The Morgan fingerprint density at radius 1 is 1.25 bits per heavy atom. The molecule has 0 spiro atoms. The van der Waals surface area contributed by atoms with Crippen molar-refractivity contribution < 1.29 is 9.53 Å². The van der Waals surface area contributed by atoms with E-state index >= 15 is 0 Å². The number of carbonyl (C=O) groups excluding carboxylic acids is 1. The fraction of sp³-hybridized carbons (Fsp3) is 0.211. The first-order valence-electron chi connectivity index (χ1n) is 8.83. The Labute approximate surface area is 165 Å². The van der Waals surface area contributed by atoms with Gasteiger partial charge in [-0.1, -0.05) is 41.7 Å². The maximum absolute atomic E-state index is 13.0. The van der Waals surface area contributed by atoms with Gasteiger partial charge in [0.15, 0.2) is 5.13 Å². The molecule has 142 valence electrons. The molecule has 0 saturated carbocycles. The lowest BCUT2D eigenvalue weighted by Crippen LogP contribution is -2.28. The zero-order chi connectivity index (χ0) is 19.3. The standard InChI is InChI=1S/C19H18N6O2S/c1-2-27-14-8-9-15-17(11-14)28-19(21-15)22-18(26)16(25-12-20-23-24-25)10-13-6-4-3-5-7-13/h3-9,11-12,16H,2,10H2,1H3,(H,21,22,26)/t16-/m1/s1. The van der Waals surface area contributed by atoms with Crippen molar-refractivity contribution >= 4 is 32.6 Å². The normalized spacial score (nSPS) is 12.0. The lowest BCUT2D eigenvalue weighted by molar-refractivity contribution is -0.119. The summed E-state index contributed by atoms with van der Waals surface area (Å²) in [7, 11) is 0. The summed E-state index contributed by atoms with van der Waals surface area (Å²) in [5.74, 6) is 0.562. The Morgan fingerprint density at radius 3 is 2.86 bits per heavy atom. The van der Waals surface area contributed by atoms with Gasteiger partial charge in [0.25, 0.3) is 5.91 Å². The maximum atomic E-state index is 13.0. The Kier molecular flexibility index (Phi) is 5.24. The van der Waals surface area contributed by atoms with Crippen molar-refractivity contribution in [3.05, 3.63) is 60.4 Å². The van der Waals surface area contributed by atoms with Gasteiger partial charge in [-0.05, 0) is 41.1 Å². The molecule has 0 saturated heterocycles. The number of thiazole rings is 1. The van der Waals surface area contributed by atoms with E-state index in [1.807, 2.05) is 55.5 Å². The van der Waals surface area contributed by atoms with Crippen LogP contribution in [0.2, 0.25) is 0 Å². The summed E-state index contributed by atoms with van der Waals surface area (Å²) in [6.07, 6.45) is 1.91. The second kappa shape index (κ2) is 8.13. The molecule has 0 bridgehead atoms. The van der Waals surface area contributed by atoms with Crippen molar-refractivity contribution in [3.63, 3.8) is 0 Å². The number of anilines is 1. The molecule has 4 aromatic rings. The lowest BCUT2D eigenvalue weighted by Gasteiger charge is -2.15. The molecule has 1 amide bonds. The minimum Gasteiger partial charge on any atom is -0.494 e. The van der Waals surface area contributed by atoms with Gasteiger partial charge in [0.2, 0.25) is 0 Å². The second-order valence-electron chi connectivity index (χ2n) is 6.07. The van der Waals surface area contributed by atoms with Crippen LogP contribution in [-0.2, 0) is 11.2 Å². The van der Waals surface area contributed by atoms with E-state index in [1.165, 1.54) is 22.3 Å². The molecule has 0 fully saturated rings. The van der Waals surface area contributed by atoms with Crippen LogP contribution in [-0.4, -0.2) is 37.7 Å². The fourth-order valence-corrected chi connectivity index (χ4v) is 3.76. The molecule has 1 N–H and O–H groups in total. The van der Waals surface area contributed by atoms with Gasteiger partial charge in [-0.3, -0.25) is 4.79 Å². The largest absolute Gasteiger partial charge is 0.494 e. The Hall–Kier alpha value is -3.33. The zero-order valence-corrected chi connectivity index (χ0v) is 16.0. The number of aromatic nitrogens is 5. The van der Waals surface area contributed by atoms with Gasteiger partial charge in [-0.2, -0.15) is 0 Å². The van der Waals surface area contributed by atoms with E-state index < -0.39 is 6.04 Å². The first-order chi connectivity index (χ1) is 13.7. The van der Waals surface area contributed by atoms with Gasteiger partial charge in [-0.25, -0.2) is 9.67 Å². The molecule has 2 aromatic carbocycles. The van der Waals surface area contributed by atoms with Crippen LogP contribution in [0.4, 0.5) is 5.13 Å². The van der Waals surface area contributed by atoms with Crippen LogP contribution in [0.1, 0.15) is 18.5 Å². The monoisotopic (exact) mass is 394 g/mol. The summed E-state index contributed by atoms with van der Waals surface area (Å²) >= 11 is 1.40. The van der Waals surface area contributed by atoms with Gasteiger partial charge in [0, 0.05) is 6.42 Å². The minimum atomic E-state index is -0.580. The topological polar surface area (TPSA) is 94.8 Å². The summed E-state index contributed by atoms with van der Waals surface area (Å²) in [5.41, 5.74) is 1.83. The van der Waals surface area contributed by atoms with Crippen LogP contribution in [0, 0.1) is 0 Å². The third-order valence-electron chi connectivity index (χ3n) is 4.16. The van der Waals surface area contributed by atoms with E-state index in [9.17, 15) is 4.79 Å². The van der Waals surface area contributed by atoms with Crippen LogP contribution in [0.25, 0.3) is 10.2 Å². The van der Waals surface area contributed by atoms with Crippen LogP contribution in [0.3, 0.4) is 0 Å². The SMILES string of the molecule is CCOc1ccc2nc(NC(=O)[C@@H](Cc3ccccc3)n3cnnn3)sc2c1. The molecular formula is C19H18N6O2S. The van der Waals surface area contributed by atoms with E-state index in [-0.39, 0.29) is 5.91 Å². The highest BCUT2D eigenvalue weighted by Crippen LogP contribution is 2.30. The van der Waals surface area contributed by atoms with E-state index in [0.717, 1.165) is 21.5 Å². The zero-order valence-electron chi connectivity index (χ0n) is 15.1. The number of fused-ring (bicyclic) bond motifs is 1. The van der Waals surface area contributed by atoms with Gasteiger partial charge in [0.1, 0.15) is 18.1 Å². The Balaban J connectivity index is 1.56. The highest BCUT2D eigenvalue weighted by atomic mass is 32.1. The average Bonchev–Trinajstić information content (AvgIpc) is 3.36. The van der Waals surface area contributed by atoms with Crippen molar-refractivity contribution in [2.75, 3.05) is 11.9 Å². The van der Waals surface area contributed by atoms with Crippen molar-refractivity contribution in [2.24, 2.45) is 0 Å². The predicted octanol–water partition coefficient (Wildman–Crippen LogP) is 3.10. The van der Waals surface area contributed by atoms with Gasteiger partial charge >= 0.3 is 0 Å². The minimum absolute atomic E-state index is 0.222. The molecule has 0 aliphatic rings. The number of hydrogen-bond donors (Lipinski definition) is 1. The molecule has 1 atom stereocenters. The number of benzene rings is 2. The molecule has 0 aliphatic carbocycles. The number of rotatable bonds is 7. The Bertz CT molecular complexity index is 1060. The quantitative estimate of drug-likeness (QED) is 0.518. The first-order valence-corrected chi connectivity index (χ1v) is 9.65. The Morgan fingerprint density at radius 2 is 2.11 bits per heavy atom. The number of hydrogen-bond acceptors (Lipinski definition) is 7. The smallest absolute Gasteiger partial charge is 0.251 e. The molecule has 0 aliphatic heterocycles. The van der Waals surface area contributed by atoms with Crippen molar-refractivity contribution in [2.45, 2.75) is 19.4 Å². The summed E-state index contributed by atoms with van der Waals surface area (Å²) in [5, 5.41) is 14.7. The number of ether oxygens (including phenoxy) is 1. The predicted molar refractivity (Wildman–Crippen MR) is 106 cm³/mol. The summed E-state index contributed by atoms with van der Waals surface area (Å²) in [4.78, 5) is 17.5. The number of tetrazole rings is 1. The molecule has 2 heterocycles. The van der Waals surface area contributed by atoms with Crippen LogP contribution in [0.5, 0.6) is 5.75 Å². The maximum Gasteiger partial charge on any atom is 0.251 e. The number of carbonyl (C=O) groups is 1. The molecule has 0 radical (unpaired) electrons. The second-order valence-corrected chi connectivity index (χ2v) is 7.10. The number of amides is 1. The molecule has 0 unspecified atom stereocenters. The number of nitrogens with zero attached hydrogens (tertiary/aromatic N) is 5.